The number of fused-ring (bicyclic) bond motifs is 8. The summed E-state index contributed by atoms with van der Waals surface area (Å²) in [4.78, 5) is 7.34. The molecule has 4 heterocycles. The molecule has 0 saturated carbocycles. The molecular weight excluding hydrogens is 711 g/mol. The summed E-state index contributed by atoms with van der Waals surface area (Å²) in [6, 6.07) is 22.9. The van der Waals surface area contributed by atoms with E-state index in [0.29, 0.717) is 13.2 Å². The zero-order chi connectivity index (χ0) is 38.6. The second kappa shape index (κ2) is 14.9. The number of benzene rings is 4. The van der Waals surface area contributed by atoms with Crippen LogP contribution in [0.5, 0.6) is 11.5 Å². The van der Waals surface area contributed by atoms with Gasteiger partial charge in [0.1, 0.15) is 11.5 Å². The van der Waals surface area contributed by atoms with Crippen LogP contribution in [0.3, 0.4) is 0 Å². The lowest BCUT2D eigenvalue weighted by Gasteiger charge is -2.42. The Morgan fingerprint density at radius 2 is 1.37 bits per heavy atom. The maximum Gasteiger partial charge on any atom is 0.174 e. The maximum atomic E-state index is 7.88. The van der Waals surface area contributed by atoms with Crippen LogP contribution in [0.4, 0.5) is 11.4 Å². The Kier molecular flexibility index (Phi) is 9.55. The summed E-state index contributed by atoms with van der Waals surface area (Å²) in [6.07, 6.45) is 13.4. The number of rotatable bonds is 8. The molecule has 296 valence electrons. The maximum absolute atomic E-state index is 7.88. The number of allylic oxidation sites excluding steroid dienone is 3. The van der Waals surface area contributed by atoms with Crippen LogP contribution in [-0.4, -0.2) is 90.9 Å². The second-order valence-corrected chi connectivity index (χ2v) is 16.3. The lowest BCUT2D eigenvalue weighted by atomic mass is 9.70. The van der Waals surface area contributed by atoms with Gasteiger partial charge in [-0.2, -0.15) is 0 Å². The molecule has 1 atom stereocenters. The Bertz CT molecular complexity index is 2260. The Morgan fingerprint density at radius 3 is 2.02 bits per heavy atom. The van der Waals surface area contributed by atoms with E-state index >= 15 is 0 Å². The van der Waals surface area contributed by atoms with Gasteiger partial charge in [-0.05, 0) is 95.3 Å². The first-order valence-corrected chi connectivity index (χ1v) is 21.3. The topological polar surface area (TPSA) is 55.9 Å². The molecular formula is C49H55N3O5. The predicted molar refractivity (Wildman–Crippen MR) is 229 cm³/mol. The summed E-state index contributed by atoms with van der Waals surface area (Å²) < 4.78 is 31.3. The molecule has 0 amide bonds. The Morgan fingerprint density at radius 1 is 0.702 bits per heavy atom. The third kappa shape index (κ3) is 5.89. The minimum absolute atomic E-state index is 0.142. The fourth-order valence-electron chi connectivity index (χ4n) is 10.7. The van der Waals surface area contributed by atoms with Crippen LogP contribution in [0.15, 0.2) is 90.2 Å². The average molecular weight is 766 g/mol. The van der Waals surface area contributed by atoms with Gasteiger partial charge in [0.25, 0.3) is 0 Å². The first kappa shape index (κ1) is 36.6. The summed E-state index contributed by atoms with van der Waals surface area (Å²) in [7, 11) is 1.80. The molecule has 0 N–H and O–H groups in total. The normalized spacial score (nSPS) is 22.7. The molecule has 0 aromatic heterocycles. The average Bonchev–Trinajstić information content (AvgIpc) is 3.60. The van der Waals surface area contributed by atoms with Gasteiger partial charge in [0.15, 0.2) is 5.60 Å². The van der Waals surface area contributed by atoms with Crippen LogP contribution in [0.2, 0.25) is 0 Å². The molecule has 4 aromatic carbocycles. The van der Waals surface area contributed by atoms with Crippen molar-refractivity contribution in [1.82, 2.24) is 4.90 Å². The standard InChI is InChI=1S/C49H55N3O5/c1-4-48(5-2)42-9-7-6-8-38(42)45-40-32-43(52-24-30-56-31-25-52)44(53-3)33-41(40)47-39(46(45)48)18-19-49(57-47,34-10-14-36(15-11-34)50-20-26-54-27-21-50)35-12-16-37(17-13-35)51-22-28-55-29-23-51/h6-12,14-16,18-19,32-33H,4-5,13,17,20-31H2,1-3H3. The molecule has 2 aliphatic carbocycles. The van der Waals surface area contributed by atoms with E-state index in [1.165, 1.54) is 50.2 Å². The Labute approximate surface area is 337 Å². The van der Waals surface area contributed by atoms with E-state index in [1.807, 2.05) is 0 Å². The van der Waals surface area contributed by atoms with Crippen molar-refractivity contribution in [2.24, 2.45) is 0 Å². The number of nitrogens with zero attached hydrogens (tertiary/aromatic N) is 3. The summed E-state index contributed by atoms with van der Waals surface area (Å²) in [5, 5.41) is 2.32. The van der Waals surface area contributed by atoms with Crippen LogP contribution in [-0.2, 0) is 25.2 Å². The van der Waals surface area contributed by atoms with Gasteiger partial charge in [0, 0.05) is 72.6 Å². The molecule has 1 unspecified atom stereocenters. The number of hydrogen-bond acceptors (Lipinski definition) is 8. The van der Waals surface area contributed by atoms with Crippen LogP contribution in [0.25, 0.3) is 28.0 Å². The fraction of sp³-hybridized carbons (Fsp3) is 0.429. The number of hydrogen-bond donors (Lipinski definition) is 0. The lowest BCUT2D eigenvalue weighted by Crippen LogP contribution is -2.39. The van der Waals surface area contributed by atoms with Gasteiger partial charge in [-0.25, -0.2) is 0 Å². The largest absolute Gasteiger partial charge is 0.495 e. The molecule has 0 radical (unpaired) electrons. The Hall–Kier alpha value is -4.76. The summed E-state index contributed by atoms with van der Waals surface area (Å²) in [5.41, 5.74) is 11.9. The van der Waals surface area contributed by atoms with Crippen molar-refractivity contribution in [2.75, 3.05) is 95.8 Å². The van der Waals surface area contributed by atoms with Crippen LogP contribution in [0, 0.1) is 0 Å². The van der Waals surface area contributed by atoms with E-state index in [2.05, 4.69) is 114 Å². The van der Waals surface area contributed by atoms with E-state index in [4.69, 9.17) is 23.7 Å². The van der Waals surface area contributed by atoms with Gasteiger partial charge in [-0.1, -0.05) is 62.4 Å². The van der Waals surface area contributed by atoms with Crippen molar-refractivity contribution in [3.8, 4) is 22.6 Å². The highest BCUT2D eigenvalue weighted by atomic mass is 16.5. The van der Waals surface area contributed by atoms with Crippen molar-refractivity contribution in [2.45, 2.75) is 50.5 Å². The smallest absolute Gasteiger partial charge is 0.174 e. The van der Waals surface area contributed by atoms with E-state index in [9.17, 15) is 0 Å². The molecule has 4 aromatic rings. The highest BCUT2D eigenvalue weighted by molar-refractivity contribution is 6.10. The van der Waals surface area contributed by atoms with E-state index in [1.54, 1.807) is 7.11 Å². The highest BCUT2D eigenvalue weighted by Crippen LogP contribution is 2.61. The van der Waals surface area contributed by atoms with Gasteiger partial charge >= 0.3 is 0 Å². The molecule has 0 spiro atoms. The number of morpholine rings is 3. The zero-order valence-corrected chi connectivity index (χ0v) is 33.8. The lowest BCUT2D eigenvalue weighted by molar-refractivity contribution is 0.0516. The van der Waals surface area contributed by atoms with Crippen LogP contribution in [0.1, 0.15) is 61.8 Å². The second-order valence-electron chi connectivity index (χ2n) is 16.3. The summed E-state index contributed by atoms with van der Waals surface area (Å²) >= 11 is 0. The van der Waals surface area contributed by atoms with Crippen molar-refractivity contribution >= 4 is 28.2 Å². The first-order chi connectivity index (χ1) is 28.1. The van der Waals surface area contributed by atoms with Crippen LogP contribution >= 0.6 is 0 Å². The van der Waals surface area contributed by atoms with E-state index < -0.39 is 5.60 Å². The van der Waals surface area contributed by atoms with Crippen LogP contribution < -0.4 is 19.3 Å². The highest BCUT2D eigenvalue weighted by Gasteiger charge is 2.47. The third-order valence-electron chi connectivity index (χ3n) is 13.8. The van der Waals surface area contributed by atoms with Gasteiger partial charge in [-0.15, -0.1) is 0 Å². The zero-order valence-electron chi connectivity index (χ0n) is 33.8. The molecule has 8 nitrogen and oxygen atoms in total. The SMILES string of the molecule is CCC1(CC)c2ccccc2-c2c1c1c(c3cc(OC)c(N4CCOCC4)cc23)OC(C2=CC=C(N3CCOCC3)CC2)(c2ccc(N3CCOCC3)cc2)C=C1. The van der Waals surface area contributed by atoms with E-state index in [-0.39, 0.29) is 5.41 Å². The molecule has 3 fully saturated rings. The van der Waals surface area contributed by atoms with Crippen molar-refractivity contribution in [3.63, 3.8) is 0 Å². The molecule has 3 saturated heterocycles. The molecule has 8 heteroatoms. The molecule has 4 aliphatic heterocycles. The number of ether oxygens (including phenoxy) is 5. The molecule has 57 heavy (non-hydrogen) atoms. The molecule has 0 bridgehead atoms. The number of anilines is 2. The molecule has 10 rings (SSSR count). The van der Waals surface area contributed by atoms with Gasteiger partial charge in [0.05, 0.1) is 52.4 Å². The Balaban J connectivity index is 1.20. The summed E-state index contributed by atoms with van der Waals surface area (Å²) in [5.74, 6) is 1.81. The predicted octanol–water partition coefficient (Wildman–Crippen LogP) is 8.85. The van der Waals surface area contributed by atoms with Crippen molar-refractivity contribution in [1.29, 1.82) is 0 Å². The quantitative estimate of drug-likeness (QED) is 0.177. The monoisotopic (exact) mass is 765 g/mol. The first-order valence-electron chi connectivity index (χ1n) is 21.3. The minimum atomic E-state index is -0.798. The third-order valence-corrected chi connectivity index (χ3v) is 13.8. The van der Waals surface area contributed by atoms with Crippen molar-refractivity contribution < 1.29 is 23.7 Å². The number of methoxy groups -OCH3 is 1. The van der Waals surface area contributed by atoms with Gasteiger partial charge in [0.2, 0.25) is 0 Å². The summed E-state index contributed by atoms with van der Waals surface area (Å²) in [6.45, 7) is 14.6. The van der Waals surface area contributed by atoms with Gasteiger partial charge in [-0.3, -0.25) is 0 Å². The fourth-order valence-corrected chi connectivity index (χ4v) is 10.7. The van der Waals surface area contributed by atoms with Gasteiger partial charge < -0.3 is 38.4 Å². The minimum Gasteiger partial charge on any atom is -0.495 e. The molecule has 6 aliphatic rings. The van der Waals surface area contributed by atoms with E-state index in [0.717, 1.165) is 120 Å². The van der Waals surface area contributed by atoms with Crippen molar-refractivity contribution in [3.05, 3.63) is 112 Å².